The molecule has 0 aliphatic carbocycles. The van der Waals surface area contributed by atoms with E-state index >= 15 is 0 Å². The molecule has 1 amide bonds. The zero-order chi connectivity index (χ0) is 20.9. The van der Waals surface area contributed by atoms with Crippen LogP contribution in [0.4, 0.5) is 5.69 Å². The number of carbonyl (C=O) groups is 1. The highest BCUT2D eigenvalue weighted by Gasteiger charge is 2.24. The number of hydrogen-bond donors (Lipinski definition) is 1. The van der Waals surface area contributed by atoms with Crippen LogP contribution < -0.4 is 15.0 Å². The molecule has 2 unspecified atom stereocenters. The number of anilines is 1. The van der Waals surface area contributed by atoms with Crippen molar-refractivity contribution in [1.82, 2.24) is 5.32 Å². The van der Waals surface area contributed by atoms with Crippen molar-refractivity contribution in [3.05, 3.63) is 58.6 Å². The first-order valence-corrected chi connectivity index (χ1v) is 11.1. The molecular weight excluding hydrogens is 400 g/mol. The third-order valence-electron chi connectivity index (χ3n) is 5.93. The molecule has 2 saturated heterocycles. The number of halogens is 1. The molecule has 30 heavy (non-hydrogen) atoms. The quantitative estimate of drug-likeness (QED) is 0.707. The number of rotatable bonds is 7. The second-order valence-electron chi connectivity index (χ2n) is 8.21. The Kier molecular flexibility index (Phi) is 6.80. The standard InChI is InChI=1S/C24H29ClN2O3/c1-17-4-7-20(25)13-23(17)27-11-10-18(15-27)14-26-24(28)19-5-8-21(9-6-19)30-16-22-3-2-12-29-22/h4-9,13,18,22H,2-3,10-12,14-16H2,1H3,(H,26,28). The van der Waals surface area contributed by atoms with Crippen molar-refractivity contribution in [1.29, 1.82) is 0 Å². The summed E-state index contributed by atoms with van der Waals surface area (Å²) in [5.41, 5.74) is 3.07. The molecule has 2 aliphatic heterocycles. The molecule has 2 aliphatic rings. The molecule has 0 radical (unpaired) electrons. The van der Waals surface area contributed by atoms with Gasteiger partial charge in [-0.25, -0.2) is 0 Å². The van der Waals surface area contributed by atoms with Gasteiger partial charge < -0.3 is 19.7 Å². The van der Waals surface area contributed by atoms with E-state index in [0.29, 0.717) is 24.6 Å². The van der Waals surface area contributed by atoms with E-state index in [9.17, 15) is 4.79 Å². The lowest BCUT2D eigenvalue weighted by Gasteiger charge is -2.21. The lowest BCUT2D eigenvalue weighted by atomic mass is 10.1. The van der Waals surface area contributed by atoms with Gasteiger partial charge in [0.15, 0.2) is 0 Å². The van der Waals surface area contributed by atoms with Crippen molar-refractivity contribution in [2.45, 2.75) is 32.3 Å². The van der Waals surface area contributed by atoms with Gasteiger partial charge in [-0.1, -0.05) is 17.7 Å². The molecule has 2 fully saturated rings. The number of nitrogens with one attached hydrogen (secondary N) is 1. The lowest BCUT2D eigenvalue weighted by Crippen LogP contribution is -2.31. The predicted molar refractivity (Wildman–Crippen MR) is 120 cm³/mol. The van der Waals surface area contributed by atoms with Gasteiger partial charge in [-0.15, -0.1) is 0 Å². The number of hydrogen-bond acceptors (Lipinski definition) is 4. The summed E-state index contributed by atoms with van der Waals surface area (Å²) < 4.78 is 11.3. The molecule has 0 saturated carbocycles. The third kappa shape index (κ3) is 5.27. The number of benzene rings is 2. The molecule has 4 rings (SSSR count). The summed E-state index contributed by atoms with van der Waals surface area (Å²) in [6.07, 6.45) is 3.40. The summed E-state index contributed by atoms with van der Waals surface area (Å²) in [4.78, 5) is 14.9. The predicted octanol–water partition coefficient (Wildman–Crippen LogP) is 4.46. The minimum atomic E-state index is -0.0435. The fourth-order valence-corrected chi connectivity index (χ4v) is 4.31. The third-order valence-corrected chi connectivity index (χ3v) is 6.16. The van der Waals surface area contributed by atoms with E-state index in [-0.39, 0.29) is 12.0 Å². The maximum Gasteiger partial charge on any atom is 0.251 e. The number of nitrogens with zero attached hydrogens (tertiary/aromatic N) is 1. The van der Waals surface area contributed by atoms with E-state index < -0.39 is 0 Å². The minimum absolute atomic E-state index is 0.0435. The first kappa shape index (κ1) is 21.0. The van der Waals surface area contributed by atoms with Crippen LogP contribution in [0.5, 0.6) is 5.75 Å². The minimum Gasteiger partial charge on any atom is -0.491 e. The van der Waals surface area contributed by atoms with Crippen molar-refractivity contribution in [3.63, 3.8) is 0 Å². The van der Waals surface area contributed by atoms with Gasteiger partial charge in [0.05, 0.1) is 6.10 Å². The molecule has 2 heterocycles. The topological polar surface area (TPSA) is 50.8 Å². The SMILES string of the molecule is Cc1ccc(Cl)cc1N1CCC(CNC(=O)c2ccc(OCC3CCCO3)cc2)C1. The molecule has 2 aromatic rings. The molecule has 5 nitrogen and oxygen atoms in total. The Morgan fingerprint density at radius 3 is 2.83 bits per heavy atom. The van der Waals surface area contributed by atoms with Crippen LogP contribution in [0.25, 0.3) is 0 Å². The number of aryl methyl sites for hydroxylation is 1. The van der Waals surface area contributed by atoms with Crippen molar-refractivity contribution in [2.75, 3.05) is 37.7 Å². The van der Waals surface area contributed by atoms with Gasteiger partial charge in [-0.05, 0) is 74.1 Å². The number of amides is 1. The summed E-state index contributed by atoms with van der Waals surface area (Å²) >= 11 is 6.17. The molecule has 160 valence electrons. The summed E-state index contributed by atoms with van der Waals surface area (Å²) in [5, 5.41) is 3.84. The second-order valence-corrected chi connectivity index (χ2v) is 8.65. The smallest absolute Gasteiger partial charge is 0.251 e. The van der Waals surface area contributed by atoms with Crippen LogP contribution in [0.1, 0.15) is 35.2 Å². The van der Waals surface area contributed by atoms with Crippen LogP contribution in [0.15, 0.2) is 42.5 Å². The first-order chi connectivity index (χ1) is 14.6. The highest BCUT2D eigenvalue weighted by Crippen LogP contribution is 2.29. The highest BCUT2D eigenvalue weighted by atomic mass is 35.5. The Morgan fingerprint density at radius 1 is 1.23 bits per heavy atom. The summed E-state index contributed by atoms with van der Waals surface area (Å²) in [7, 11) is 0. The molecule has 0 aromatic heterocycles. The Labute approximate surface area is 183 Å². The van der Waals surface area contributed by atoms with E-state index in [0.717, 1.165) is 49.7 Å². The number of ether oxygens (including phenoxy) is 2. The Hall–Kier alpha value is -2.24. The summed E-state index contributed by atoms with van der Waals surface area (Å²) in [6, 6.07) is 13.3. The van der Waals surface area contributed by atoms with Gasteiger partial charge in [0.1, 0.15) is 12.4 Å². The van der Waals surface area contributed by atoms with E-state index in [1.165, 1.54) is 11.3 Å². The van der Waals surface area contributed by atoms with Crippen LogP contribution in [-0.2, 0) is 4.74 Å². The maximum absolute atomic E-state index is 12.5. The van der Waals surface area contributed by atoms with E-state index in [2.05, 4.69) is 23.2 Å². The monoisotopic (exact) mass is 428 g/mol. The summed E-state index contributed by atoms with van der Waals surface area (Å²) in [5.74, 6) is 1.16. The molecular formula is C24H29ClN2O3. The maximum atomic E-state index is 12.5. The van der Waals surface area contributed by atoms with Gasteiger partial charge in [-0.2, -0.15) is 0 Å². The van der Waals surface area contributed by atoms with Gasteiger partial charge >= 0.3 is 0 Å². The van der Waals surface area contributed by atoms with Gasteiger partial charge in [0.2, 0.25) is 0 Å². The van der Waals surface area contributed by atoms with Gasteiger partial charge in [0.25, 0.3) is 5.91 Å². The lowest BCUT2D eigenvalue weighted by molar-refractivity contribution is 0.0679. The normalized spacial score (nSPS) is 21.1. The average Bonchev–Trinajstić information content (AvgIpc) is 3.45. The highest BCUT2D eigenvalue weighted by molar-refractivity contribution is 6.30. The van der Waals surface area contributed by atoms with E-state index in [1.54, 1.807) is 0 Å². The van der Waals surface area contributed by atoms with Crippen LogP contribution in [0, 0.1) is 12.8 Å². The fourth-order valence-electron chi connectivity index (χ4n) is 4.15. The average molecular weight is 429 g/mol. The Balaban J connectivity index is 1.24. The number of carbonyl (C=O) groups excluding carboxylic acids is 1. The zero-order valence-electron chi connectivity index (χ0n) is 17.4. The van der Waals surface area contributed by atoms with Crippen molar-refractivity contribution in [3.8, 4) is 5.75 Å². The van der Waals surface area contributed by atoms with Crippen molar-refractivity contribution >= 4 is 23.2 Å². The molecule has 2 aromatic carbocycles. The molecule has 0 bridgehead atoms. The zero-order valence-corrected chi connectivity index (χ0v) is 18.2. The van der Waals surface area contributed by atoms with Gasteiger partial charge in [0, 0.05) is 42.5 Å². The van der Waals surface area contributed by atoms with E-state index in [4.69, 9.17) is 21.1 Å². The van der Waals surface area contributed by atoms with Crippen molar-refractivity contribution in [2.24, 2.45) is 5.92 Å². The Morgan fingerprint density at radius 2 is 2.07 bits per heavy atom. The molecule has 2 atom stereocenters. The second kappa shape index (κ2) is 9.71. The largest absolute Gasteiger partial charge is 0.491 e. The Bertz CT molecular complexity index is 865. The van der Waals surface area contributed by atoms with Crippen molar-refractivity contribution < 1.29 is 14.3 Å². The van der Waals surface area contributed by atoms with Crippen LogP contribution in [0.2, 0.25) is 5.02 Å². The molecule has 0 spiro atoms. The van der Waals surface area contributed by atoms with Gasteiger partial charge in [-0.3, -0.25) is 4.79 Å². The first-order valence-electron chi connectivity index (χ1n) is 10.7. The summed E-state index contributed by atoms with van der Waals surface area (Å²) in [6.45, 7) is 6.08. The fraction of sp³-hybridized carbons (Fsp3) is 0.458. The van der Waals surface area contributed by atoms with Crippen LogP contribution >= 0.6 is 11.6 Å². The van der Waals surface area contributed by atoms with E-state index in [1.807, 2.05) is 36.4 Å². The van der Waals surface area contributed by atoms with Crippen LogP contribution in [-0.4, -0.2) is 44.9 Å². The van der Waals surface area contributed by atoms with Crippen LogP contribution in [0.3, 0.4) is 0 Å². The molecule has 1 N–H and O–H groups in total. The molecule has 6 heteroatoms.